The van der Waals surface area contributed by atoms with Crippen LogP contribution in [0.4, 0.5) is 0 Å². The maximum absolute atomic E-state index is 12.2. The molecule has 1 aliphatic carbocycles. The molecule has 1 saturated carbocycles. The zero-order valence-electron chi connectivity index (χ0n) is 11.8. The second kappa shape index (κ2) is 5.82. The van der Waals surface area contributed by atoms with E-state index in [1.54, 1.807) is 11.3 Å². The number of nitrogens with one attached hydrogen (secondary N) is 1. The third-order valence-electron chi connectivity index (χ3n) is 4.07. The minimum absolute atomic E-state index is 0.108. The Morgan fingerprint density at radius 1 is 1.38 bits per heavy atom. The van der Waals surface area contributed by atoms with Gasteiger partial charge in [0, 0.05) is 13.0 Å². The van der Waals surface area contributed by atoms with Gasteiger partial charge < -0.3 is 5.32 Å². The summed E-state index contributed by atoms with van der Waals surface area (Å²) in [5, 5.41) is 13.2. The van der Waals surface area contributed by atoms with E-state index in [1.165, 1.54) is 4.70 Å². The lowest BCUT2D eigenvalue weighted by molar-refractivity contribution is -0.127. The Hall–Kier alpha value is -1.93. The highest BCUT2D eigenvalue weighted by molar-refractivity contribution is 7.18. The van der Waals surface area contributed by atoms with Gasteiger partial charge >= 0.3 is 0 Å². The summed E-state index contributed by atoms with van der Waals surface area (Å²) in [5.41, 5.74) is 0.223. The van der Waals surface area contributed by atoms with Gasteiger partial charge in [0.1, 0.15) is 5.41 Å². The summed E-state index contributed by atoms with van der Waals surface area (Å²) in [5.74, 6) is -0.108. The molecule has 0 atom stereocenters. The molecule has 1 N–H and O–H groups in total. The maximum Gasteiger partial charge on any atom is 0.240 e. The zero-order chi connectivity index (χ0) is 14.7. The smallest absolute Gasteiger partial charge is 0.240 e. The first-order valence-electron chi connectivity index (χ1n) is 7.27. The van der Waals surface area contributed by atoms with Crippen LogP contribution < -0.4 is 5.32 Å². The fourth-order valence-electron chi connectivity index (χ4n) is 2.85. The molecule has 5 heteroatoms. The summed E-state index contributed by atoms with van der Waals surface area (Å²) < 4.78 is 1.17. The van der Waals surface area contributed by atoms with E-state index in [-0.39, 0.29) is 5.91 Å². The second-order valence-electron chi connectivity index (χ2n) is 5.48. The van der Waals surface area contributed by atoms with Crippen LogP contribution >= 0.6 is 11.3 Å². The predicted octanol–water partition coefficient (Wildman–Crippen LogP) is 3.04. The van der Waals surface area contributed by atoms with Crippen molar-refractivity contribution in [3.8, 4) is 6.07 Å². The fourth-order valence-corrected chi connectivity index (χ4v) is 3.81. The first-order chi connectivity index (χ1) is 10.2. The molecule has 108 valence electrons. The van der Waals surface area contributed by atoms with Crippen molar-refractivity contribution in [3.05, 3.63) is 29.3 Å². The Labute approximate surface area is 127 Å². The van der Waals surface area contributed by atoms with Crippen LogP contribution in [0.5, 0.6) is 0 Å². The van der Waals surface area contributed by atoms with Crippen molar-refractivity contribution in [1.82, 2.24) is 10.3 Å². The average molecular weight is 299 g/mol. The topological polar surface area (TPSA) is 65.8 Å². The highest BCUT2D eigenvalue weighted by Crippen LogP contribution is 2.37. The van der Waals surface area contributed by atoms with Gasteiger partial charge in [-0.1, -0.05) is 25.0 Å². The lowest BCUT2D eigenvalue weighted by Crippen LogP contribution is -2.39. The van der Waals surface area contributed by atoms with Crippen molar-refractivity contribution >= 4 is 27.5 Å². The van der Waals surface area contributed by atoms with Gasteiger partial charge in [-0.25, -0.2) is 4.98 Å². The largest absolute Gasteiger partial charge is 0.354 e. The summed E-state index contributed by atoms with van der Waals surface area (Å²) in [6, 6.07) is 10.3. The Morgan fingerprint density at radius 3 is 2.86 bits per heavy atom. The zero-order valence-corrected chi connectivity index (χ0v) is 12.6. The van der Waals surface area contributed by atoms with Crippen LogP contribution in [0.2, 0.25) is 0 Å². The van der Waals surface area contributed by atoms with E-state index in [4.69, 9.17) is 0 Å². The standard InChI is InChI=1S/C16H17N3OS/c17-11-16(8-3-4-9-16)15(20)18-10-7-14-19-12-5-1-2-6-13(12)21-14/h1-2,5-6H,3-4,7-10H2,(H,18,20). The molecule has 1 aromatic heterocycles. The van der Waals surface area contributed by atoms with Crippen LogP contribution in [-0.2, 0) is 11.2 Å². The molecule has 0 saturated heterocycles. The van der Waals surface area contributed by atoms with Crippen LogP contribution in [0, 0.1) is 16.7 Å². The number of rotatable bonds is 4. The van der Waals surface area contributed by atoms with Crippen LogP contribution in [-0.4, -0.2) is 17.4 Å². The van der Waals surface area contributed by atoms with E-state index in [0.717, 1.165) is 23.4 Å². The summed E-state index contributed by atoms with van der Waals surface area (Å²) in [7, 11) is 0. The molecule has 4 nitrogen and oxygen atoms in total. The minimum atomic E-state index is -0.784. The number of amides is 1. The van der Waals surface area contributed by atoms with E-state index in [2.05, 4.69) is 22.4 Å². The van der Waals surface area contributed by atoms with Crippen molar-refractivity contribution in [2.75, 3.05) is 6.54 Å². The van der Waals surface area contributed by atoms with E-state index in [9.17, 15) is 10.1 Å². The van der Waals surface area contributed by atoms with Crippen LogP contribution in [0.15, 0.2) is 24.3 Å². The fraction of sp³-hybridized carbons (Fsp3) is 0.438. The van der Waals surface area contributed by atoms with E-state index >= 15 is 0 Å². The van der Waals surface area contributed by atoms with Gasteiger partial charge in [0.2, 0.25) is 5.91 Å². The second-order valence-corrected chi connectivity index (χ2v) is 6.60. The molecule has 1 amide bonds. The van der Waals surface area contributed by atoms with Crippen LogP contribution in [0.3, 0.4) is 0 Å². The third kappa shape index (κ3) is 2.77. The van der Waals surface area contributed by atoms with Crippen LogP contribution in [0.1, 0.15) is 30.7 Å². The Bertz CT molecular complexity index is 662. The number of fused-ring (bicyclic) bond motifs is 1. The molecule has 0 spiro atoms. The SMILES string of the molecule is N#CC1(C(=O)NCCc2nc3ccccc3s2)CCCC1. The molecule has 0 bridgehead atoms. The number of hydrogen-bond acceptors (Lipinski definition) is 4. The summed E-state index contributed by atoms with van der Waals surface area (Å²) in [6.07, 6.45) is 4.04. The highest BCUT2D eigenvalue weighted by atomic mass is 32.1. The molecule has 1 aliphatic rings. The highest BCUT2D eigenvalue weighted by Gasteiger charge is 2.41. The molecule has 0 unspecified atom stereocenters. The summed E-state index contributed by atoms with van der Waals surface area (Å²) in [4.78, 5) is 16.8. The van der Waals surface area contributed by atoms with E-state index in [1.807, 2.05) is 18.2 Å². The molecule has 3 rings (SSSR count). The number of aromatic nitrogens is 1. The van der Waals surface area contributed by atoms with Crippen molar-refractivity contribution < 1.29 is 4.79 Å². The first kappa shape index (κ1) is 14.0. The van der Waals surface area contributed by atoms with Gasteiger partial charge in [-0.15, -0.1) is 11.3 Å². The average Bonchev–Trinajstić information content (AvgIpc) is 3.14. The van der Waals surface area contributed by atoms with Gasteiger partial charge in [-0.2, -0.15) is 5.26 Å². The minimum Gasteiger partial charge on any atom is -0.354 e. The van der Waals surface area contributed by atoms with Gasteiger partial charge in [-0.05, 0) is 25.0 Å². The van der Waals surface area contributed by atoms with Crippen molar-refractivity contribution in [2.24, 2.45) is 5.41 Å². The lowest BCUT2D eigenvalue weighted by Gasteiger charge is -2.18. The quantitative estimate of drug-likeness (QED) is 0.943. The normalized spacial score (nSPS) is 16.7. The number of carbonyl (C=O) groups excluding carboxylic acids is 1. The van der Waals surface area contributed by atoms with Gasteiger partial charge in [0.15, 0.2) is 0 Å². The maximum atomic E-state index is 12.2. The lowest BCUT2D eigenvalue weighted by atomic mass is 9.87. The Kier molecular flexibility index (Phi) is 3.89. The predicted molar refractivity (Wildman–Crippen MR) is 82.8 cm³/mol. The molecule has 1 aromatic carbocycles. The van der Waals surface area contributed by atoms with Crippen molar-refractivity contribution in [1.29, 1.82) is 5.26 Å². The number of carbonyl (C=O) groups is 1. The molecule has 1 fully saturated rings. The van der Waals surface area contributed by atoms with E-state index in [0.29, 0.717) is 25.8 Å². The molecule has 0 aliphatic heterocycles. The van der Waals surface area contributed by atoms with Gasteiger partial charge in [0.05, 0.1) is 21.3 Å². The van der Waals surface area contributed by atoms with Crippen LogP contribution in [0.25, 0.3) is 10.2 Å². The Morgan fingerprint density at radius 2 is 2.14 bits per heavy atom. The number of nitriles is 1. The third-order valence-corrected chi connectivity index (χ3v) is 5.16. The summed E-state index contributed by atoms with van der Waals surface area (Å²) >= 11 is 1.66. The molecule has 0 radical (unpaired) electrons. The van der Waals surface area contributed by atoms with Gasteiger partial charge in [0.25, 0.3) is 0 Å². The molecular formula is C16H17N3OS. The van der Waals surface area contributed by atoms with Crippen molar-refractivity contribution in [3.63, 3.8) is 0 Å². The molecule has 1 heterocycles. The van der Waals surface area contributed by atoms with Crippen molar-refractivity contribution in [2.45, 2.75) is 32.1 Å². The van der Waals surface area contributed by atoms with E-state index < -0.39 is 5.41 Å². The molecule has 21 heavy (non-hydrogen) atoms. The van der Waals surface area contributed by atoms with Gasteiger partial charge in [-0.3, -0.25) is 4.79 Å². The molecular weight excluding hydrogens is 282 g/mol. The number of thiazole rings is 1. The number of hydrogen-bond donors (Lipinski definition) is 1. The number of para-hydroxylation sites is 1. The molecule has 2 aromatic rings. The summed E-state index contributed by atoms with van der Waals surface area (Å²) in [6.45, 7) is 0.544. The Balaban J connectivity index is 1.58. The number of benzene rings is 1. The first-order valence-corrected chi connectivity index (χ1v) is 8.09. The monoisotopic (exact) mass is 299 g/mol. The number of nitrogens with zero attached hydrogens (tertiary/aromatic N) is 2.